The van der Waals surface area contributed by atoms with Crippen LogP contribution >= 0.6 is 0 Å². The molecule has 0 spiro atoms. The van der Waals surface area contributed by atoms with Gasteiger partial charge in [0, 0.05) is 13.1 Å². The lowest BCUT2D eigenvalue weighted by atomic mass is 10.1. The molecule has 0 aliphatic heterocycles. The number of nitriles is 1. The molecule has 0 radical (unpaired) electrons. The Morgan fingerprint density at radius 1 is 1.32 bits per heavy atom. The molecule has 1 heterocycles. The molecule has 0 fully saturated rings. The molecule has 0 bridgehead atoms. The van der Waals surface area contributed by atoms with Gasteiger partial charge >= 0.3 is 5.69 Å². The number of hydrogen-bond acceptors (Lipinski definition) is 4. The Labute approximate surface area is 108 Å². The molecule has 0 saturated heterocycles. The Balaban J connectivity index is 2.57. The van der Waals surface area contributed by atoms with E-state index in [1.165, 1.54) is 17.7 Å². The van der Waals surface area contributed by atoms with E-state index in [4.69, 9.17) is 11.0 Å². The molecule has 2 aromatic rings. The lowest BCUT2D eigenvalue weighted by molar-refractivity contribution is 0.645. The van der Waals surface area contributed by atoms with Crippen molar-refractivity contribution in [2.75, 3.05) is 5.73 Å². The first kappa shape index (κ1) is 12.6. The molecule has 0 atom stereocenters. The summed E-state index contributed by atoms with van der Waals surface area (Å²) in [4.78, 5) is 23.8. The molecular formula is C13H12N4O2. The zero-order valence-corrected chi connectivity index (χ0v) is 10.3. The fourth-order valence-corrected chi connectivity index (χ4v) is 1.77. The minimum Gasteiger partial charge on any atom is -0.385 e. The van der Waals surface area contributed by atoms with Gasteiger partial charge in [0.05, 0.1) is 18.2 Å². The highest BCUT2D eigenvalue weighted by molar-refractivity contribution is 5.37. The van der Waals surface area contributed by atoms with Crippen LogP contribution in [-0.2, 0) is 13.6 Å². The van der Waals surface area contributed by atoms with Crippen molar-refractivity contribution >= 4 is 5.82 Å². The van der Waals surface area contributed by atoms with Crippen LogP contribution in [0.2, 0.25) is 0 Å². The van der Waals surface area contributed by atoms with Gasteiger partial charge in [-0.15, -0.1) is 0 Å². The van der Waals surface area contributed by atoms with Crippen LogP contribution in [0.25, 0.3) is 0 Å². The molecule has 2 N–H and O–H groups in total. The van der Waals surface area contributed by atoms with Crippen molar-refractivity contribution in [3.63, 3.8) is 0 Å². The van der Waals surface area contributed by atoms with E-state index in [1.54, 1.807) is 24.3 Å². The van der Waals surface area contributed by atoms with Crippen LogP contribution in [0.1, 0.15) is 11.1 Å². The maximum absolute atomic E-state index is 12.0. The Morgan fingerprint density at radius 3 is 2.68 bits per heavy atom. The maximum atomic E-state index is 12.0. The minimum absolute atomic E-state index is 0.0511. The summed E-state index contributed by atoms with van der Waals surface area (Å²) in [6, 6.07) is 10.1. The molecule has 2 rings (SSSR count). The molecule has 96 valence electrons. The molecule has 0 aliphatic rings. The second-order valence-electron chi connectivity index (χ2n) is 4.10. The summed E-state index contributed by atoms with van der Waals surface area (Å²) in [5.74, 6) is 0.111. The van der Waals surface area contributed by atoms with Gasteiger partial charge in [-0.1, -0.05) is 18.2 Å². The van der Waals surface area contributed by atoms with Gasteiger partial charge in [0.1, 0.15) is 5.82 Å². The number of hydrogen-bond donors (Lipinski definition) is 1. The molecule has 6 heteroatoms. The number of aromatic nitrogens is 2. The van der Waals surface area contributed by atoms with Crippen molar-refractivity contribution in [3.05, 3.63) is 62.3 Å². The molecule has 1 aromatic heterocycles. The van der Waals surface area contributed by atoms with Crippen molar-refractivity contribution in [1.82, 2.24) is 9.13 Å². The third-order valence-electron chi connectivity index (χ3n) is 2.91. The average Bonchev–Trinajstić information content (AvgIpc) is 2.41. The molecule has 19 heavy (non-hydrogen) atoms. The van der Waals surface area contributed by atoms with Gasteiger partial charge in [-0.05, 0) is 11.6 Å². The highest BCUT2D eigenvalue weighted by atomic mass is 16.2. The molecule has 0 unspecified atom stereocenters. The highest BCUT2D eigenvalue weighted by Gasteiger charge is 2.09. The van der Waals surface area contributed by atoms with Crippen LogP contribution in [0.5, 0.6) is 0 Å². The molecule has 1 aromatic carbocycles. The highest BCUT2D eigenvalue weighted by Crippen LogP contribution is 2.07. The van der Waals surface area contributed by atoms with Crippen LogP contribution in [0, 0.1) is 11.3 Å². The summed E-state index contributed by atoms with van der Waals surface area (Å²) in [7, 11) is 1.49. The van der Waals surface area contributed by atoms with E-state index in [0.717, 1.165) is 4.57 Å². The third kappa shape index (κ3) is 2.26. The number of benzene rings is 1. The first-order chi connectivity index (χ1) is 9.04. The van der Waals surface area contributed by atoms with Crippen molar-refractivity contribution in [2.24, 2.45) is 7.05 Å². The molecular weight excluding hydrogens is 244 g/mol. The van der Waals surface area contributed by atoms with E-state index >= 15 is 0 Å². The second-order valence-corrected chi connectivity index (χ2v) is 4.10. The lowest BCUT2D eigenvalue weighted by Crippen LogP contribution is -2.39. The Morgan fingerprint density at radius 2 is 2.00 bits per heavy atom. The second kappa shape index (κ2) is 4.82. The topological polar surface area (TPSA) is 93.8 Å². The van der Waals surface area contributed by atoms with Gasteiger partial charge in [0.25, 0.3) is 5.56 Å². The van der Waals surface area contributed by atoms with Crippen molar-refractivity contribution in [2.45, 2.75) is 6.54 Å². The summed E-state index contributed by atoms with van der Waals surface area (Å²) in [6.07, 6.45) is 0. The Hall–Kier alpha value is -2.81. The van der Waals surface area contributed by atoms with Crippen LogP contribution in [0.3, 0.4) is 0 Å². The molecule has 6 nitrogen and oxygen atoms in total. The van der Waals surface area contributed by atoms with E-state index in [9.17, 15) is 9.59 Å². The Kier molecular flexibility index (Phi) is 3.21. The SMILES string of the molecule is Cn1c(N)cc(=O)n(Cc2ccccc2C#N)c1=O. The largest absolute Gasteiger partial charge is 0.385 e. The zero-order chi connectivity index (χ0) is 14.0. The van der Waals surface area contributed by atoms with Gasteiger partial charge in [-0.3, -0.25) is 13.9 Å². The number of nitrogens with two attached hydrogens (primary N) is 1. The van der Waals surface area contributed by atoms with E-state index in [0.29, 0.717) is 11.1 Å². The summed E-state index contributed by atoms with van der Waals surface area (Å²) in [5, 5.41) is 8.99. The quantitative estimate of drug-likeness (QED) is 0.821. The van der Waals surface area contributed by atoms with Crippen molar-refractivity contribution < 1.29 is 0 Å². The standard InChI is InChI=1S/C13H12N4O2/c1-16-11(15)6-12(18)17(13(16)19)8-10-5-3-2-4-9(10)7-14/h2-6H,8,15H2,1H3. The fourth-order valence-electron chi connectivity index (χ4n) is 1.77. The number of rotatable bonds is 2. The smallest absolute Gasteiger partial charge is 0.332 e. The Bertz CT molecular complexity index is 780. The lowest BCUT2D eigenvalue weighted by Gasteiger charge is -2.09. The van der Waals surface area contributed by atoms with Gasteiger partial charge in [0.15, 0.2) is 0 Å². The van der Waals surface area contributed by atoms with Crippen molar-refractivity contribution in [1.29, 1.82) is 5.26 Å². The predicted molar refractivity (Wildman–Crippen MR) is 70.6 cm³/mol. The summed E-state index contributed by atoms with van der Waals surface area (Å²) in [5.41, 5.74) is 5.61. The van der Waals surface area contributed by atoms with Crippen LogP contribution in [0.15, 0.2) is 39.9 Å². The van der Waals surface area contributed by atoms with Gasteiger partial charge < -0.3 is 5.73 Å². The zero-order valence-electron chi connectivity index (χ0n) is 10.3. The molecule has 0 amide bonds. The van der Waals surface area contributed by atoms with Crippen molar-refractivity contribution in [3.8, 4) is 6.07 Å². The molecule has 0 aliphatic carbocycles. The number of anilines is 1. The summed E-state index contributed by atoms with van der Waals surface area (Å²) >= 11 is 0. The van der Waals surface area contributed by atoms with Crippen LogP contribution < -0.4 is 17.0 Å². The molecule has 0 saturated carbocycles. The summed E-state index contributed by atoms with van der Waals surface area (Å²) < 4.78 is 2.24. The number of nitrogen functional groups attached to an aromatic ring is 1. The first-order valence-electron chi connectivity index (χ1n) is 5.59. The van der Waals surface area contributed by atoms with Crippen LogP contribution in [0.4, 0.5) is 5.82 Å². The van der Waals surface area contributed by atoms with E-state index in [2.05, 4.69) is 0 Å². The van der Waals surface area contributed by atoms with Gasteiger partial charge in [-0.2, -0.15) is 5.26 Å². The maximum Gasteiger partial charge on any atom is 0.332 e. The normalized spacial score (nSPS) is 10.1. The average molecular weight is 256 g/mol. The monoisotopic (exact) mass is 256 g/mol. The van der Waals surface area contributed by atoms with Gasteiger partial charge in [0.2, 0.25) is 0 Å². The predicted octanol–water partition coefficient (Wildman–Crippen LogP) is 0.0492. The fraction of sp³-hybridized carbons (Fsp3) is 0.154. The van der Waals surface area contributed by atoms with E-state index in [1.807, 2.05) is 6.07 Å². The van der Waals surface area contributed by atoms with Gasteiger partial charge in [-0.25, -0.2) is 4.79 Å². The van der Waals surface area contributed by atoms with Crippen LogP contribution in [-0.4, -0.2) is 9.13 Å². The number of nitrogens with zero attached hydrogens (tertiary/aromatic N) is 3. The first-order valence-corrected chi connectivity index (χ1v) is 5.59. The minimum atomic E-state index is -0.502. The summed E-state index contributed by atoms with van der Waals surface area (Å²) in [6.45, 7) is 0.0511. The van der Waals surface area contributed by atoms with E-state index in [-0.39, 0.29) is 12.4 Å². The van der Waals surface area contributed by atoms with E-state index < -0.39 is 11.2 Å². The third-order valence-corrected chi connectivity index (χ3v) is 2.91.